The molecule has 0 radical (unpaired) electrons. The van der Waals surface area contributed by atoms with Crippen LogP contribution >= 0.6 is 0 Å². The number of benzene rings is 2. The predicted molar refractivity (Wildman–Crippen MR) is 84.5 cm³/mol. The molecular formula is C18H19NO3. The van der Waals surface area contributed by atoms with Crippen LogP contribution in [-0.2, 0) is 0 Å². The van der Waals surface area contributed by atoms with Gasteiger partial charge in [0.15, 0.2) is 17.6 Å². The summed E-state index contributed by atoms with van der Waals surface area (Å²) in [7, 11) is 1.78. The highest BCUT2D eigenvalue weighted by molar-refractivity contribution is 5.94. The SMILES string of the molecule is Cc1ccc(C(=O)N(C)CC2COc3ccccc3O2)cc1. The Morgan fingerprint density at radius 1 is 1.14 bits per heavy atom. The van der Waals surface area contributed by atoms with E-state index in [1.807, 2.05) is 55.5 Å². The summed E-state index contributed by atoms with van der Waals surface area (Å²) in [5, 5.41) is 0. The Morgan fingerprint density at radius 3 is 2.55 bits per heavy atom. The lowest BCUT2D eigenvalue weighted by Gasteiger charge is -2.29. The van der Waals surface area contributed by atoms with Crippen molar-refractivity contribution in [2.75, 3.05) is 20.2 Å². The first-order valence-corrected chi connectivity index (χ1v) is 7.34. The molecule has 0 spiro atoms. The van der Waals surface area contributed by atoms with Crippen LogP contribution in [0.3, 0.4) is 0 Å². The summed E-state index contributed by atoms with van der Waals surface area (Å²) in [5.41, 5.74) is 1.82. The summed E-state index contributed by atoms with van der Waals surface area (Å²) >= 11 is 0. The average molecular weight is 297 g/mol. The number of hydrogen-bond acceptors (Lipinski definition) is 3. The van der Waals surface area contributed by atoms with Gasteiger partial charge in [0.05, 0.1) is 6.54 Å². The van der Waals surface area contributed by atoms with Gasteiger partial charge in [0.1, 0.15) is 6.61 Å². The first-order valence-electron chi connectivity index (χ1n) is 7.34. The Bertz CT molecular complexity index is 666. The van der Waals surface area contributed by atoms with Gasteiger partial charge in [-0.1, -0.05) is 29.8 Å². The Kier molecular flexibility index (Phi) is 4.00. The summed E-state index contributed by atoms with van der Waals surface area (Å²) in [6.07, 6.45) is -0.158. The normalized spacial score (nSPS) is 16.2. The number of hydrogen-bond donors (Lipinski definition) is 0. The molecule has 0 fully saturated rings. The van der Waals surface area contributed by atoms with Crippen molar-refractivity contribution in [1.82, 2.24) is 4.90 Å². The van der Waals surface area contributed by atoms with Crippen LogP contribution in [0.1, 0.15) is 15.9 Å². The van der Waals surface area contributed by atoms with Gasteiger partial charge in [-0.2, -0.15) is 0 Å². The van der Waals surface area contributed by atoms with E-state index in [0.717, 1.165) is 17.1 Å². The monoisotopic (exact) mass is 297 g/mol. The van der Waals surface area contributed by atoms with Crippen LogP contribution in [0.4, 0.5) is 0 Å². The highest BCUT2D eigenvalue weighted by Gasteiger charge is 2.24. The molecule has 2 aromatic rings. The molecule has 1 amide bonds. The molecule has 1 aliphatic heterocycles. The van der Waals surface area contributed by atoms with Crippen molar-refractivity contribution in [2.45, 2.75) is 13.0 Å². The Hall–Kier alpha value is -2.49. The molecule has 1 unspecified atom stereocenters. The van der Waals surface area contributed by atoms with Crippen molar-refractivity contribution in [3.05, 3.63) is 59.7 Å². The molecular weight excluding hydrogens is 278 g/mol. The van der Waals surface area contributed by atoms with E-state index < -0.39 is 0 Å². The second kappa shape index (κ2) is 6.10. The molecule has 1 atom stereocenters. The maximum atomic E-state index is 12.4. The largest absolute Gasteiger partial charge is 0.486 e. The number of likely N-dealkylation sites (N-methyl/N-ethyl adjacent to an activating group) is 1. The van der Waals surface area contributed by atoms with Crippen LogP contribution in [0, 0.1) is 6.92 Å². The van der Waals surface area contributed by atoms with E-state index in [4.69, 9.17) is 9.47 Å². The van der Waals surface area contributed by atoms with Gasteiger partial charge >= 0.3 is 0 Å². The summed E-state index contributed by atoms with van der Waals surface area (Å²) in [6, 6.07) is 15.2. The molecule has 22 heavy (non-hydrogen) atoms. The summed E-state index contributed by atoms with van der Waals surface area (Å²) in [4.78, 5) is 14.1. The lowest BCUT2D eigenvalue weighted by Crippen LogP contribution is -2.41. The summed E-state index contributed by atoms with van der Waals surface area (Å²) < 4.78 is 11.6. The molecule has 4 nitrogen and oxygen atoms in total. The topological polar surface area (TPSA) is 38.8 Å². The molecule has 0 saturated heterocycles. The minimum atomic E-state index is -0.158. The molecule has 114 valence electrons. The van der Waals surface area contributed by atoms with Crippen molar-refractivity contribution in [3.8, 4) is 11.5 Å². The number of nitrogens with zero attached hydrogens (tertiary/aromatic N) is 1. The zero-order valence-electron chi connectivity index (χ0n) is 12.8. The fourth-order valence-electron chi connectivity index (χ4n) is 2.46. The lowest BCUT2D eigenvalue weighted by molar-refractivity contribution is 0.0521. The standard InChI is InChI=1S/C18H19NO3/c1-13-7-9-14(10-8-13)18(20)19(2)11-15-12-21-16-5-3-4-6-17(16)22-15/h3-10,15H,11-12H2,1-2H3. The van der Waals surface area contributed by atoms with Crippen molar-refractivity contribution in [2.24, 2.45) is 0 Å². The van der Waals surface area contributed by atoms with Crippen molar-refractivity contribution in [1.29, 1.82) is 0 Å². The molecule has 0 N–H and O–H groups in total. The zero-order valence-corrected chi connectivity index (χ0v) is 12.8. The summed E-state index contributed by atoms with van der Waals surface area (Å²) in [5.74, 6) is 1.48. The average Bonchev–Trinajstić information content (AvgIpc) is 2.55. The van der Waals surface area contributed by atoms with Crippen LogP contribution in [0.15, 0.2) is 48.5 Å². The number of para-hydroxylation sites is 2. The van der Waals surface area contributed by atoms with Gasteiger partial charge in [0.25, 0.3) is 5.91 Å². The minimum absolute atomic E-state index is 0.0116. The van der Waals surface area contributed by atoms with E-state index in [-0.39, 0.29) is 12.0 Å². The molecule has 2 aromatic carbocycles. The third kappa shape index (κ3) is 3.06. The zero-order chi connectivity index (χ0) is 15.5. The number of aryl methyl sites for hydroxylation is 1. The number of carbonyl (C=O) groups excluding carboxylic acids is 1. The molecule has 0 aromatic heterocycles. The molecule has 1 aliphatic rings. The van der Waals surface area contributed by atoms with E-state index in [2.05, 4.69) is 0 Å². The summed E-state index contributed by atoms with van der Waals surface area (Å²) in [6.45, 7) is 2.94. The van der Waals surface area contributed by atoms with Crippen LogP contribution < -0.4 is 9.47 Å². The fraction of sp³-hybridized carbons (Fsp3) is 0.278. The van der Waals surface area contributed by atoms with Gasteiger partial charge in [-0.3, -0.25) is 4.79 Å². The van der Waals surface area contributed by atoms with E-state index in [1.165, 1.54) is 0 Å². The van der Waals surface area contributed by atoms with E-state index >= 15 is 0 Å². The lowest BCUT2D eigenvalue weighted by atomic mass is 10.1. The Morgan fingerprint density at radius 2 is 1.82 bits per heavy atom. The number of amides is 1. The van der Waals surface area contributed by atoms with Gasteiger partial charge < -0.3 is 14.4 Å². The van der Waals surface area contributed by atoms with Crippen LogP contribution in [0.2, 0.25) is 0 Å². The quantitative estimate of drug-likeness (QED) is 0.874. The van der Waals surface area contributed by atoms with E-state index in [9.17, 15) is 4.79 Å². The molecule has 4 heteroatoms. The van der Waals surface area contributed by atoms with Gasteiger partial charge in [-0.25, -0.2) is 0 Å². The van der Waals surface area contributed by atoms with Gasteiger partial charge in [-0.15, -0.1) is 0 Å². The second-order valence-corrected chi connectivity index (χ2v) is 5.55. The van der Waals surface area contributed by atoms with Gasteiger partial charge in [-0.05, 0) is 31.2 Å². The molecule has 3 rings (SSSR count). The highest BCUT2D eigenvalue weighted by atomic mass is 16.6. The van der Waals surface area contributed by atoms with Gasteiger partial charge in [0.2, 0.25) is 0 Å². The van der Waals surface area contributed by atoms with E-state index in [1.54, 1.807) is 11.9 Å². The third-order valence-corrected chi connectivity index (χ3v) is 3.69. The van der Waals surface area contributed by atoms with Gasteiger partial charge in [0, 0.05) is 12.6 Å². The van der Waals surface area contributed by atoms with Crippen LogP contribution in [0.25, 0.3) is 0 Å². The maximum absolute atomic E-state index is 12.4. The Balaban J connectivity index is 1.64. The number of carbonyl (C=O) groups is 1. The Labute approximate surface area is 130 Å². The molecule has 1 heterocycles. The minimum Gasteiger partial charge on any atom is -0.486 e. The number of rotatable bonds is 3. The van der Waals surface area contributed by atoms with Crippen LogP contribution in [-0.4, -0.2) is 37.1 Å². The predicted octanol–water partition coefficient (Wildman–Crippen LogP) is 2.91. The molecule has 0 aliphatic carbocycles. The second-order valence-electron chi connectivity index (χ2n) is 5.55. The highest BCUT2D eigenvalue weighted by Crippen LogP contribution is 2.31. The smallest absolute Gasteiger partial charge is 0.253 e. The van der Waals surface area contributed by atoms with Crippen LogP contribution in [0.5, 0.6) is 11.5 Å². The molecule has 0 saturated carbocycles. The fourth-order valence-corrected chi connectivity index (χ4v) is 2.46. The number of ether oxygens (including phenoxy) is 2. The molecule has 0 bridgehead atoms. The third-order valence-electron chi connectivity index (χ3n) is 3.69. The first-order chi connectivity index (χ1) is 10.6. The van der Waals surface area contributed by atoms with Crippen molar-refractivity contribution < 1.29 is 14.3 Å². The van der Waals surface area contributed by atoms with Crippen molar-refractivity contribution >= 4 is 5.91 Å². The number of fused-ring (bicyclic) bond motifs is 1. The van der Waals surface area contributed by atoms with Crippen molar-refractivity contribution in [3.63, 3.8) is 0 Å². The van der Waals surface area contributed by atoms with E-state index in [0.29, 0.717) is 18.7 Å². The first kappa shape index (κ1) is 14.4. The maximum Gasteiger partial charge on any atom is 0.253 e.